The molecule has 0 unspecified atom stereocenters. The number of rotatable bonds is 4. The van der Waals surface area contributed by atoms with Crippen LogP contribution < -0.4 is 5.32 Å². The van der Waals surface area contributed by atoms with Crippen molar-refractivity contribution in [3.8, 4) is 0 Å². The van der Waals surface area contributed by atoms with Gasteiger partial charge in [0.25, 0.3) is 0 Å². The van der Waals surface area contributed by atoms with E-state index in [0.717, 1.165) is 17.6 Å². The van der Waals surface area contributed by atoms with Gasteiger partial charge in [-0.3, -0.25) is 0 Å². The average Bonchev–Trinajstić information content (AvgIpc) is 3.08. The molecule has 0 fully saturated rings. The van der Waals surface area contributed by atoms with Gasteiger partial charge in [-0.25, -0.2) is 13.2 Å². The van der Waals surface area contributed by atoms with Crippen LogP contribution in [0.15, 0.2) is 59.5 Å². The van der Waals surface area contributed by atoms with Crippen LogP contribution in [-0.2, 0) is 16.3 Å². The molecule has 0 radical (unpaired) electrons. The average molecular weight is 398 g/mol. The first kappa shape index (κ1) is 18.6. The van der Waals surface area contributed by atoms with Crippen molar-refractivity contribution < 1.29 is 13.2 Å². The highest BCUT2D eigenvalue weighted by Crippen LogP contribution is 2.34. The van der Waals surface area contributed by atoms with Gasteiger partial charge in [0.2, 0.25) is 0 Å². The first-order valence-electron chi connectivity index (χ1n) is 9.39. The van der Waals surface area contributed by atoms with Crippen molar-refractivity contribution in [1.29, 1.82) is 0 Å². The van der Waals surface area contributed by atoms with Crippen LogP contribution in [0.2, 0.25) is 0 Å². The number of aromatic nitrogens is 1. The molecular formula is C21H23N3O3S. The first-order chi connectivity index (χ1) is 13.5. The fourth-order valence-corrected chi connectivity index (χ4v) is 5.02. The maximum Gasteiger partial charge on any atom is 0.317 e. The number of para-hydroxylation sites is 1. The van der Waals surface area contributed by atoms with E-state index in [1.807, 2.05) is 25.1 Å². The molecule has 0 saturated carbocycles. The second-order valence-corrected chi connectivity index (χ2v) is 9.16. The highest BCUT2D eigenvalue weighted by atomic mass is 32.2. The molecule has 0 saturated heterocycles. The number of hydrogen-bond donors (Lipinski definition) is 2. The highest BCUT2D eigenvalue weighted by Gasteiger charge is 2.30. The number of urea groups is 1. The van der Waals surface area contributed by atoms with E-state index in [4.69, 9.17) is 0 Å². The Morgan fingerprint density at radius 2 is 1.86 bits per heavy atom. The number of nitrogens with one attached hydrogen (secondary N) is 2. The van der Waals surface area contributed by atoms with E-state index < -0.39 is 9.84 Å². The number of hydrogen-bond acceptors (Lipinski definition) is 3. The van der Waals surface area contributed by atoms with Gasteiger partial charge in [-0.05, 0) is 37.1 Å². The number of sulfone groups is 1. The van der Waals surface area contributed by atoms with Gasteiger partial charge in [0.1, 0.15) is 0 Å². The molecule has 7 heteroatoms. The van der Waals surface area contributed by atoms with Gasteiger partial charge in [0, 0.05) is 29.7 Å². The predicted octanol–water partition coefficient (Wildman–Crippen LogP) is 3.27. The summed E-state index contributed by atoms with van der Waals surface area (Å²) in [6.07, 6.45) is 0.777. The zero-order chi connectivity index (χ0) is 19.7. The van der Waals surface area contributed by atoms with Gasteiger partial charge in [0.05, 0.1) is 16.7 Å². The Balaban J connectivity index is 1.42. The highest BCUT2D eigenvalue weighted by molar-refractivity contribution is 7.91. The molecule has 1 aliphatic rings. The molecule has 4 rings (SSSR count). The minimum absolute atomic E-state index is 0.0822. The van der Waals surface area contributed by atoms with Crippen LogP contribution >= 0.6 is 0 Å². The molecule has 0 aliphatic carbocycles. The number of aromatic amines is 1. The van der Waals surface area contributed by atoms with Crippen LogP contribution in [0.4, 0.5) is 4.79 Å². The Morgan fingerprint density at radius 3 is 2.64 bits per heavy atom. The third kappa shape index (κ3) is 3.38. The van der Waals surface area contributed by atoms with Crippen LogP contribution in [0.25, 0.3) is 10.9 Å². The van der Waals surface area contributed by atoms with Gasteiger partial charge in [-0.2, -0.15) is 0 Å². The molecule has 1 atom stereocenters. The van der Waals surface area contributed by atoms with Crippen molar-refractivity contribution in [2.24, 2.45) is 0 Å². The summed E-state index contributed by atoms with van der Waals surface area (Å²) in [5, 5.41) is 3.97. The van der Waals surface area contributed by atoms with Crippen LogP contribution in [0.5, 0.6) is 0 Å². The number of amides is 2. The zero-order valence-corrected chi connectivity index (χ0v) is 16.5. The lowest BCUT2D eigenvalue weighted by Crippen LogP contribution is -2.45. The van der Waals surface area contributed by atoms with Crippen LogP contribution in [0, 0.1) is 0 Å². The normalized spacial score (nSPS) is 16.8. The maximum atomic E-state index is 12.7. The van der Waals surface area contributed by atoms with Crippen LogP contribution in [-0.4, -0.2) is 43.2 Å². The van der Waals surface area contributed by atoms with Crippen molar-refractivity contribution >= 4 is 26.8 Å². The molecule has 6 nitrogen and oxygen atoms in total. The monoisotopic (exact) mass is 397 g/mol. The van der Waals surface area contributed by atoms with Gasteiger partial charge >= 0.3 is 6.03 Å². The van der Waals surface area contributed by atoms with E-state index >= 15 is 0 Å². The topological polar surface area (TPSA) is 82.3 Å². The molecule has 1 aromatic heterocycles. The number of fused-ring (bicyclic) bond motifs is 3. The standard InChI is InChI=1S/C21H23N3O3S/c1-15-20-18(17-9-5-6-10-19(17)23-20)11-13-24(15)21(25)22-12-14-28(26,27)16-7-3-2-4-8-16/h2-10,15,23H,11-14H2,1H3,(H,22,25)/t15-/m1/s1. The Hall–Kier alpha value is -2.80. The molecule has 2 heterocycles. The molecule has 2 N–H and O–H groups in total. The Kier molecular flexibility index (Phi) is 4.85. The van der Waals surface area contributed by atoms with Crippen molar-refractivity contribution in [3.63, 3.8) is 0 Å². The zero-order valence-electron chi connectivity index (χ0n) is 15.7. The summed E-state index contributed by atoms with van der Waals surface area (Å²) in [5.74, 6) is -0.122. The second-order valence-electron chi connectivity index (χ2n) is 7.05. The molecule has 0 bridgehead atoms. The smallest absolute Gasteiger partial charge is 0.317 e. The number of nitrogens with zero attached hydrogens (tertiary/aromatic N) is 1. The third-order valence-electron chi connectivity index (χ3n) is 5.34. The van der Waals surface area contributed by atoms with E-state index in [1.54, 1.807) is 35.2 Å². The SMILES string of the molecule is C[C@@H]1c2[nH]c3ccccc3c2CCN1C(=O)NCCS(=O)(=O)c1ccccc1. The van der Waals surface area contributed by atoms with Gasteiger partial charge in [-0.1, -0.05) is 36.4 Å². The lowest BCUT2D eigenvalue weighted by Gasteiger charge is -2.33. The second kappa shape index (κ2) is 7.31. The Morgan fingerprint density at radius 1 is 1.14 bits per heavy atom. The minimum Gasteiger partial charge on any atom is -0.356 e. The minimum atomic E-state index is -3.41. The van der Waals surface area contributed by atoms with Crippen molar-refractivity contribution in [1.82, 2.24) is 15.2 Å². The first-order valence-corrected chi connectivity index (χ1v) is 11.0. The van der Waals surface area contributed by atoms with Gasteiger partial charge < -0.3 is 15.2 Å². The summed E-state index contributed by atoms with van der Waals surface area (Å²) in [6, 6.07) is 16.1. The lowest BCUT2D eigenvalue weighted by molar-refractivity contribution is 0.174. The fraction of sp³-hybridized carbons (Fsp3) is 0.286. The van der Waals surface area contributed by atoms with E-state index in [1.165, 1.54) is 10.9 Å². The number of benzene rings is 2. The summed E-state index contributed by atoms with van der Waals surface area (Å²) in [6.45, 7) is 2.68. The summed E-state index contributed by atoms with van der Waals surface area (Å²) < 4.78 is 24.7. The Labute approximate surface area is 164 Å². The van der Waals surface area contributed by atoms with Crippen molar-refractivity contribution in [2.45, 2.75) is 24.3 Å². The van der Waals surface area contributed by atoms with E-state index in [9.17, 15) is 13.2 Å². The summed E-state index contributed by atoms with van der Waals surface area (Å²) >= 11 is 0. The van der Waals surface area contributed by atoms with Gasteiger partial charge in [-0.15, -0.1) is 0 Å². The molecule has 3 aromatic rings. The Bertz CT molecular complexity index is 1110. The van der Waals surface area contributed by atoms with E-state index in [0.29, 0.717) is 6.54 Å². The molecular weight excluding hydrogens is 374 g/mol. The fourth-order valence-electron chi connectivity index (χ4n) is 3.85. The molecule has 146 valence electrons. The molecule has 0 spiro atoms. The summed E-state index contributed by atoms with van der Waals surface area (Å²) in [4.78, 5) is 18.1. The molecule has 28 heavy (non-hydrogen) atoms. The lowest BCUT2D eigenvalue weighted by atomic mass is 9.99. The van der Waals surface area contributed by atoms with Crippen molar-refractivity contribution in [3.05, 3.63) is 65.9 Å². The largest absolute Gasteiger partial charge is 0.356 e. The number of carbonyl (C=O) groups is 1. The van der Waals surface area contributed by atoms with E-state index in [2.05, 4.69) is 16.4 Å². The molecule has 2 amide bonds. The quantitative estimate of drug-likeness (QED) is 0.709. The van der Waals surface area contributed by atoms with Crippen molar-refractivity contribution in [2.75, 3.05) is 18.8 Å². The maximum absolute atomic E-state index is 12.7. The predicted molar refractivity (Wildman–Crippen MR) is 109 cm³/mol. The van der Waals surface area contributed by atoms with Crippen LogP contribution in [0.1, 0.15) is 24.2 Å². The van der Waals surface area contributed by atoms with E-state index in [-0.39, 0.29) is 29.3 Å². The third-order valence-corrected chi connectivity index (χ3v) is 7.08. The molecule has 2 aromatic carbocycles. The number of H-pyrrole nitrogens is 1. The summed E-state index contributed by atoms with van der Waals surface area (Å²) in [7, 11) is -3.41. The van der Waals surface area contributed by atoms with Crippen LogP contribution in [0.3, 0.4) is 0 Å². The summed E-state index contributed by atoms with van der Waals surface area (Å²) in [5.41, 5.74) is 3.40. The molecule has 1 aliphatic heterocycles. The van der Waals surface area contributed by atoms with Gasteiger partial charge in [0.15, 0.2) is 9.84 Å². The number of carbonyl (C=O) groups excluding carboxylic acids is 1.